The average Bonchev–Trinajstić information content (AvgIpc) is 3.31. The number of likely N-dealkylation sites (N-methyl/N-ethyl adjacent to an activating group) is 1. The van der Waals surface area contributed by atoms with Crippen molar-refractivity contribution < 1.29 is 14.6 Å². The summed E-state index contributed by atoms with van der Waals surface area (Å²) in [5.41, 5.74) is 9.40. The zero-order chi connectivity index (χ0) is 27.9. The number of rotatable bonds is 12. The molecular weight excluding hydrogens is 498 g/mol. The van der Waals surface area contributed by atoms with E-state index in [-0.39, 0.29) is 30.5 Å². The maximum Gasteiger partial charge on any atom is 0.236 e. The summed E-state index contributed by atoms with van der Waals surface area (Å²) in [6, 6.07) is 6.23. The monoisotopic (exact) mass is 539 g/mol. The van der Waals surface area contributed by atoms with Gasteiger partial charge in [-0.3, -0.25) is 9.48 Å². The zero-order valence-corrected chi connectivity index (χ0v) is 23.4. The van der Waals surface area contributed by atoms with Gasteiger partial charge in [0, 0.05) is 37.8 Å². The molecule has 0 radical (unpaired) electrons. The fourth-order valence-corrected chi connectivity index (χ4v) is 5.06. The first kappa shape index (κ1) is 28.5. The normalized spacial score (nSPS) is 16.6. The number of benzene rings is 1. The van der Waals surface area contributed by atoms with Crippen molar-refractivity contribution in [3.05, 3.63) is 35.5 Å². The third kappa shape index (κ3) is 6.94. The van der Waals surface area contributed by atoms with Crippen molar-refractivity contribution in [2.24, 2.45) is 0 Å². The van der Waals surface area contributed by atoms with Crippen LogP contribution in [0, 0.1) is 0 Å². The quantitative estimate of drug-likeness (QED) is 0.267. The number of nitrogens with two attached hydrogens (primary N) is 1. The molecule has 0 spiro atoms. The number of aromatic nitrogens is 4. The van der Waals surface area contributed by atoms with Crippen molar-refractivity contribution in [3.8, 4) is 5.75 Å². The molecular formula is C27H41N9O3. The van der Waals surface area contributed by atoms with Gasteiger partial charge in [-0.15, -0.1) is 0 Å². The summed E-state index contributed by atoms with van der Waals surface area (Å²) in [6.07, 6.45) is 4.16. The summed E-state index contributed by atoms with van der Waals surface area (Å²) < 4.78 is 7.64. The van der Waals surface area contributed by atoms with Gasteiger partial charge in [0.15, 0.2) is 5.82 Å². The van der Waals surface area contributed by atoms with Crippen molar-refractivity contribution in [2.75, 3.05) is 65.0 Å². The van der Waals surface area contributed by atoms with Crippen molar-refractivity contribution in [2.45, 2.75) is 44.8 Å². The number of anilines is 2. The largest absolute Gasteiger partial charge is 0.496 e. The highest BCUT2D eigenvalue weighted by atomic mass is 16.5. The number of amides is 1. The summed E-state index contributed by atoms with van der Waals surface area (Å²) in [7, 11) is 5.47. The molecule has 12 nitrogen and oxygen atoms in total. The molecule has 1 saturated heterocycles. The number of aliphatic hydroxyl groups is 1. The molecule has 3 aromatic rings. The van der Waals surface area contributed by atoms with Crippen LogP contribution in [-0.2, 0) is 11.3 Å². The Morgan fingerprint density at radius 3 is 2.87 bits per heavy atom. The summed E-state index contributed by atoms with van der Waals surface area (Å²) in [4.78, 5) is 25.3. The van der Waals surface area contributed by atoms with E-state index in [4.69, 9.17) is 10.5 Å². The van der Waals surface area contributed by atoms with E-state index in [0.29, 0.717) is 43.9 Å². The second-order valence-electron chi connectivity index (χ2n) is 10.3. The number of hydrogen-bond acceptors (Lipinski definition) is 10. The third-order valence-electron chi connectivity index (χ3n) is 6.97. The van der Waals surface area contributed by atoms with Crippen molar-refractivity contribution in [1.29, 1.82) is 0 Å². The first-order valence-corrected chi connectivity index (χ1v) is 13.5. The number of aliphatic hydroxyl groups excluding tert-OH is 1. The number of piperazine rings is 1. The zero-order valence-electron chi connectivity index (χ0n) is 23.4. The van der Waals surface area contributed by atoms with E-state index in [2.05, 4.69) is 38.7 Å². The second kappa shape index (κ2) is 13.0. The van der Waals surface area contributed by atoms with Gasteiger partial charge in [-0.25, -0.2) is 4.98 Å². The predicted octanol–water partition coefficient (Wildman–Crippen LogP) is 1.46. The van der Waals surface area contributed by atoms with Gasteiger partial charge in [0.2, 0.25) is 11.9 Å². The van der Waals surface area contributed by atoms with Crippen molar-refractivity contribution in [1.82, 2.24) is 34.9 Å². The lowest BCUT2D eigenvalue weighted by Crippen LogP contribution is -2.50. The minimum atomic E-state index is 0.0209. The summed E-state index contributed by atoms with van der Waals surface area (Å²) in [5.74, 6) is 1.65. The minimum absolute atomic E-state index is 0.0209. The van der Waals surface area contributed by atoms with Gasteiger partial charge >= 0.3 is 0 Å². The number of carbonyl (C=O) groups excluding carboxylic acids is 1. The molecule has 212 valence electrons. The summed E-state index contributed by atoms with van der Waals surface area (Å²) >= 11 is 0. The lowest BCUT2D eigenvalue weighted by molar-refractivity contribution is -0.133. The van der Waals surface area contributed by atoms with Crippen LogP contribution in [0.2, 0.25) is 0 Å². The van der Waals surface area contributed by atoms with E-state index in [9.17, 15) is 9.90 Å². The lowest BCUT2D eigenvalue weighted by Gasteiger charge is -2.34. The van der Waals surface area contributed by atoms with E-state index >= 15 is 0 Å². The van der Waals surface area contributed by atoms with E-state index in [1.165, 1.54) is 0 Å². The average molecular weight is 540 g/mol. The molecule has 5 N–H and O–H groups in total. The van der Waals surface area contributed by atoms with Gasteiger partial charge < -0.3 is 36.0 Å². The molecule has 2 aromatic heterocycles. The minimum Gasteiger partial charge on any atom is -0.496 e. The van der Waals surface area contributed by atoms with Crippen LogP contribution in [0.15, 0.2) is 24.4 Å². The maximum absolute atomic E-state index is 12.6. The number of methoxy groups -OCH3 is 1. The smallest absolute Gasteiger partial charge is 0.236 e. The Kier molecular flexibility index (Phi) is 9.54. The molecule has 1 unspecified atom stereocenters. The highest BCUT2D eigenvalue weighted by Crippen LogP contribution is 2.29. The van der Waals surface area contributed by atoms with Crippen LogP contribution in [0.25, 0.3) is 11.0 Å². The fraction of sp³-hybridized carbons (Fsp3) is 0.556. The Morgan fingerprint density at radius 1 is 1.33 bits per heavy atom. The molecule has 0 saturated carbocycles. The van der Waals surface area contributed by atoms with Gasteiger partial charge in [-0.05, 0) is 38.6 Å². The van der Waals surface area contributed by atoms with Crippen LogP contribution < -0.4 is 21.1 Å². The lowest BCUT2D eigenvalue weighted by atomic mass is 10.0. The van der Waals surface area contributed by atoms with E-state index in [1.807, 2.05) is 40.7 Å². The summed E-state index contributed by atoms with van der Waals surface area (Å²) in [5, 5.41) is 21.1. The molecule has 0 bridgehead atoms. The van der Waals surface area contributed by atoms with Crippen molar-refractivity contribution >= 4 is 28.7 Å². The molecule has 0 aliphatic carbocycles. The Morgan fingerprint density at radius 2 is 2.15 bits per heavy atom. The van der Waals surface area contributed by atoms with Crippen LogP contribution in [0.3, 0.4) is 0 Å². The molecule has 1 fully saturated rings. The Labute approximate surface area is 229 Å². The van der Waals surface area contributed by atoms with Crippen LogP contribution in [0.4, 0.5) is 11.8 Å². The molecule has 1 aliphatic rings. The first-order valence-electron chi connectivity index (χ1n) is 13.5. The number of ether oxygens (including phenoxy) is 1. The molecule has 1 amide bonds. The Balaban J connectivity index is 1.58. The van der Waals surface area contributed by atoms with Gasteiger partial charge in [0.05, 0.1) is 32.4 Å². The van der Waals surface area contributed by atoms with Crippen LogP contribution in [-0.4, -0.2) is 101 Å². The highest BCUT2D eigenvalue weighted by Gasteiger charge is 2.25. The second-order valence-corrected chi connectivity index (χ2v) is 10.3. The Hall–Kier alpha value is -3.48. The van der Waals surface area contributed by atoms with E-state index in [0.717, 1.165) is 41.8 Å². The van der Waals surface area contributed by atoms with Gasteiger partial charge in [0.1, 0.15) is 16.8 Å². The number of nitrogens with one attached hydrogen (secondary N) is 2. The van der Waals surface area contributed by atoms with Gasteiger partial charge in [-0.1, -0.05) is 25.5 Å². The van der Waals surface area contributed by atoms with Crippen LogP contribution in [0.1, 0.15) is 43.4 Å². The van der Waals surface area contributed by atoms with Gasteiger partial charge in [-0.2, -0.15) is 10.1 Å². The fourth-order valence-electron chi connectivity index (χ4n) is 5.06. The highest BCUT2D eigenvalue weighted by molar-refractivity contribution is 5.86. The van der Waals surface area contributed by atoms with E-state index < -0.39 is 0 Å². The Bertz CT molecular complexity index is 1260. The van der Waals surface area contributed by atoms with E-state index in [1.54, 1.807) is 13.3 Å². The molecule has 1 aliphatic heterocycles. The maximum atomic E-state index is 12.6. The van der Waals surface area contributed by atoms with Gasteiger partial charge in [0.25, 0.3) is 0 Å². The molecule has 2 atom stereocenters. The molecule has 12 heteroatoms. The first-order chi connectivity index (χ1) is 18.8. The number of fused-ring (bicyclic) bond motifs is 1. The van der Waals surface area contributed by atoms with Crippen LogP contribution in [0.5, 0.6) is 5.75 Å². The van der Waals surface area contributed by atoms with Crippen molar-refractivity contribution in [3.63, 3.8) is 0 Å². The van der Waals surface area contributed by atoms with Crippen LogP contribution >= 0.6 is 0 Å². The topological polar surface area (TPSA) is 147 Å². The molecule has 1 aromatic carbocycles. The standard InChI is InChI=1S/C27H41N9O3/c1-5-6-20(9-12-37)31-26-25-21(32-27(28)33-26)14-30-36(25)15-19-8-7-18(13-23(19)39-4)22-16-35(11-10-29-22)24(38)17-34(2)3/h7-8,13-14,20,22,29,37H,5-6,9-12,15-17H2,1-4H3,(H3,28,31,32,33)/t20-,22?/m0/s1. The third-order valence-corrected chi connectivity index (χ3v) is 6.97. The summed E-state index contributed by atoms with van der Waals surface area (Å²) in [6.45, 7) is 5.09. The number of nitrogens with zero attached hydrogens (tertiary/aromatic N) is 6. The number of carbonyl (C=O) groups is 1. The number of nitrogen functional groups attached to an aromatic ring is 1. The molecule has 39 heavy (non-hydrogen) atoms. The molecule has 4 rings (SSSR count). The SMILES string of the molecule is CCC[C@@H](CCO)Nc1nc(N)nc2cnn(Cc3ccc(C4CN(C(=O)CN(C)C)CCN4)cc3OC)c12. The predicted molar refractivity (Wildman–Crippen MR) is 152 cm³/mol. The number of hydrogen-bond donors (Lipinski definition) is 4. The molecule has 3 heterocycles.